The number of nitrogens with zero attached hydrogens (tertiary/aromatic N) is 1. The van der Waals surface area contributed by atoms with Gasteiger partial charge in [-0.15, -0.1) is 0 Å². The molecule has 5 heteroatoms. The van der Waals surface area contributed by atoms with Gasteiger partial charge in [0.2, 0.25) is 0 Å². The monoisotopic (exact) mass is 253 g/mol. The Morgan fingerprint density at radius 1 is 1.11 bits per heavy atom. The van der Waals surface area contributed by atoms with Crippen LogP contribution in [0, 0.1) is 23.5 Å². The van der Waals surface area contributed by atoms with E-state index in [1.807, 2.05) is 0 Å². The molecule has 2 fully saturated rings. The van der Waals surface area contributed by atoms with Gasteiger partial charge in [-0.3, -0.25) is 0 Å². The summed E-state index contributed by atoms with van der Waals surface area (Å²) in [5.41, 5.74) is 0. The Labute approximate surface area is 105 Å². The average molecular weight is 253 g/mol. The number of pyridine rings is 1. The first-order valence-electron chi connectivity index (χ1n) is 6.49. The van der Waals surface area contributed by atoms with E-state index >= 15 is 0 Å². The molecule has 0 amide bonds. The fourth-order valence-corrected chi connectivity index (χ4v) is 2.43. The van der Waals surface area contributed by atoms with E-state index in [1.165, 1.54) is 25.7 Å². The third-order valence-corrected chi connectivity index (χ3v) is 3.73. The van der Waals surface area contributed by atoms with Crippen molar-refractivity contribution < 1.29 is 8.78 Å². The van der Waals surface area contributed by atoms with Crippen LogP contribution in [0.3, 0.4) is 0 Å². The molecule has 0 spiro atoms. The standard InChI is InChI=1S/C13H17F2N3/c1-16-12-9(14)6-10(15)13(18-12)17-11(7-2-3-7)8-4-5-8/h6-8,11H,2-5H2,1H3,(H2,16,17,18). The molecular formula is C13H17F2N3. The molecule has 18 heavy (non-hydrogen) atoms. The van der Waals surface area contributed by atoms with Crippen molar-refractivity contribution in [2.24, 2.45) is 11.8 Å². The Hall–Kier alpha value is -1.39. The second-order valence-electron chi connectivity index (χ2n) is 5.24. The van der Waals surface area contributed by atoms with E-state index in [9.17, 15) is 8.78 Å². The van der Waals surface area contributed by atoms with Gasteiger partial charge in [0, 0.05) is 19.2 Å². The van der Waals surface area contributed by atoms with Gasteiger partial charge in [-0.1, -0.05) is 0 Å². The lowest BCUT2D eigenvalue weighted by atomic mass is 10.1. The molecule has 2 N–H and O–H groups in total. The summed E-state index contributed by atoms with van der Waals surface area (Å²) in [6.45, 7) is 0. The van der Waals surface area contributed by atoms with Gasteiger partial charge >= 0.3 is 0 Å². The second kappa shape index (κ2) is 4.37. The topological polar surface area (TPSA) is 37.0 Å². The first-order chi connectivity index (χ1) is 8.69. The Morgan fingerprint density at radius 2 is 1.67 bits per heavy atom. The van der Waals surface area contributed by atoms with Crippen LogP contribution in [-0.4, -0.2) is 18.1 Å². The highest BCUT2D eigenvalue weighted by Gasteiger charge is 2.41. The van der Waals surface area contributed by atoms with Crippen LogP contribution in [0.25, 0.3) is 0 Å². The van der Waals surface area contributed by atoms with Crippen molar-refractivity contribution in [3.05, 3.63) is 17.7 Å². The largest absolute Gasteiger partial charge is 0.371 e. The summed E-state index contributed by atoms with van der Waals surface area (Å²) in [5.74, 6) is 0.269. The van der Waals surface area contributed by atoms with Crippen LogP contribution in [0.1, 0.15) is 25.7 Å². The number of hydrogen-bond acceptors (Lipinski definition) is 3. The maximum Gasteiger partial charge on any atom is 0.168 e. The highest BCUT2D eigenvalue weighted by molar-refractivity contribution is 5.48. The maximum absolute atomic E-state index is 13.7. The first kappa shape index (κ1) is 11.7. The first-order valence-corrected chi connectivity index (χ1v) is 6.49. The highest BCUT2D eigenvalue weighted by atomic mass is 19.1. The number of nitrogens with one attached hydrogen (secondary N) is 2. The summed E-state index contributed by atoms with van der Waals surface area (Å²) >= 11 is 0. The zero-order valence-corrected chi connectivity index (χ0v) is 10.3. The summed E-state index contributed by atoms with van der Waals surface area (Å²) < 4.78 is 27.0. The number of hydrogen-bond donors (Lipinski definition) is 2. The Morgan fingerprint density at radius 3 is 2.17 bits per heavy atom. The molecular weight excluding hydrogens is 236 g/mol. The molecule has 1 heterocycles. The van der Waals surface area contributed by atoms with Crippen LogP contribution in [0.15, 0.2) is 6.07 Å². The van der Waals surface area contributed by atoms with Gasteiger partial charge in [0.1, 0.15) is 0 Å². The third-order valence-electron chi connectivity index (χ3n) is 3.73. The third kappa shape index (κ3) is 2.26. The fraction of sp³-hybridized carbons (Fsp3) is 0.615. The Bertz CT molecular complexity index is 444. The molecule has 2 aliphatic carbocycles. The number of aromatic nitrogens is 1. The zero-order valence-electron chi connectivity index (χ0n) is 10.3. The van der Waals surface area contributed by atoms with Crippen molar-refractivity contribution in [3.63, 3.8) is 0 Å². The smallest absolute Gasteiger partial charge is 0.168 e. The van der Waals surface area contributed by atoms with Crippen molar-refractivity contribution in [1.82, 2.24) is 4.98 Å². The van der Waals surface area contributed by atoms with Gasteiger partial charge in [-0.05, 0) is 37.5 Å². The predicted molar refractivity (Wildman–Crippen MR) is 66.6 cm³/mol. The summed E-state index contributed by atoms with van der Waals surface area (Å²) in [7, 11) is 1.58. The van der Waals surface area contributed by atoms with Crippen molar-refractivity contribution in [3.8, 4) is 0 Å². The molecule has 0 bridgehead atoms. The van der Waals surface area contributed by atoms with E-state index in [2.05, 4.69) is 15.6 Å². The molecule has 0 saturated heterocycles. The average Bonchev–Trinajstić information content (AvgIpc) is 3.21. The fourth-order valence-electron chi connectivity index (χ4n) is 2.43. The van der Waals surface area contributed by atoms with Crippen molar-refractivity contribution >= 4 is 11.6 Å². The lowest BCUT2D eigenvalue weighted by Crippen LogP contribution is -2.25. The molecule has 3 nitrogen and oxygen atoms in total. The van der Waals surface area contributed by atoms with Crippen LogP contribution < -0.4 is 10.6 Å². The molecule has 1 aromatic heterocycles. The van der Waals surface area contributed by atoms with Gasteiger partial charge in [0.25, 0.3) is 0 Å². The van der Waals surface area contributed by atoms with Gasteiger partial charge < -0.3 is 10.6 Å². The zero-order chi connectivity index (χ0) is 12.7. The van der Waals surface area contributed by atoms with Crippen LogP contribution >= 0.6 is 0 Å². The number of anilines is 2. The minimum absolute atomic E-state index is 0.0873. The van der Waals surface area contributed by atoms with Crippen molar-refractivity contribution in [1.29, 1.82) is 0 Å². The minimum atomic E-state index is -0.657. The van der Waals surface area contributed by atoms with E-state index in [4.69, 9.17) is 0 Å². The summed E-state index contributed by atoms with van der Waals surface area (Å²) in [4.78, 5) is 3.98. The minimum Gasteiger partial charge on any atom is -0.371 e. The van der Waals surface area contributed by atoms with Crippen molar-refractivity contribution in [2.75, 3.05) is 17.7 Å². The van der Waals surface area contributed by atoms with E-state index in [0.29, 0.717) is 17.9 Å². The maximum atomic E-state index is 13.7. The molecule has 0 unspecified atom stereocenters. The molecule has 98 valence electrons. The number of rotatable bonds is 5. The highest BCUT2D eigenvalue weighted by Crippen LogP contribution is 2.45. The van der Waals surface area contributed by atoms with Crippen LogP contribution in [0.4, 0.5) is 20.4 Å². The normalized spacial score (nSPS) is 19.1. The molecule has 0 radical (unpaired) electrons. The van der Waals surface area contributed by atoms with Gasteiger partial charge in [-0.2, -0.15) is 0 Å². The molecule has 0 atom stereocenters. The van der Waals surface area contributed by atoms with E-state index in [1.54, 1.807) is 7.05 Å². The van der Waals surface area contributed by atoms with Gasteiger partial charge in [0.05, 0.1) is 0 Å². The SMILES string of the molecule is CNc1nc(NC(C2CC2)C2CC2)c(F)cc1F. The summed E-state index contributed by atoms with van der Waals surface area (Å²) in [6.07, 6.45) is 4.82. The molecule has 2 aliphatic rings. The Kier molecular flexibility index (Phi) is 2.84. The van der Waals surface area contributed by atoms with Crippen molar-refractivity contribution in [2.45, 2.75) is 31.7 Å². The van der Waals surface area contributed by atoms with Crippen LogP contribution in [0.2, 0.25) is 0 Å². The Balaban J connectivity index is 1.82. The van der Waals surface area contributed by atoms with E-state index < -0.39 is 11.6 Å². The van der Waals surface area contributed by atoms with E-state index in [0.717, 1.165) is 6.07 Å². The summed E-state index contributed by atoms with van der Waals surface area (Å²) in [5, 5.41) is 5.81. The van der Waals surface area contributed by atoms with Crippen LogP contribution in [0.5, 0.6) is 0 Å². The lowest BCUT2D eigenvalue weighted by molar-refractivity contribution is 0.545. The van der Waals surface area contributed by atoms with Gasteiger partial charge in [0.15, 0.2) is 23.3 Å². The predicted octanol–water partition coefficient (Wildman–Crippen LogP) is 3.00. The molecule has 3 rings (SSSR count). The molecule has 0 aliphatic heterocycles. The lowest BCUT2D eigenvalue weighted by Gasteiger charge is -2.19. The van der Waals surface area contributed by atoms with Gasteiger partial charge in [-0.25, -0.2) is 13.8 Å². The second-order valence-corrected chi connectivity index (χ2v) is 5.24. The van der Waals surface area contributed by atoms with Crippen LogP contribution in [-0.2, 0) is 0 Å². The molecule has 0 aromatic carbocycles. The summed E-state index contributed by atoms with van der Waals surface area (Å²) in [6, 6.07) is 1.19. The van der Waals surface area contributed by atoms with E-state index in [-0.39, 0.29) is 11.6 Å². The molecule has 1 aromatic rings. The molecule has 2 saturated carbocycles. The number of halogens is 2. The quantitative estimate of drug-likeness (QED) is 0.847.